The van der Waals surface area contributed by atoms with E-state index in [9.17, 15) is 14.0 Å². The van der Waals surface area contributed by atoms with Crippen molar-refractivity contribution >= 4 is 17.5 Å². The van der Waals surface area contributed by atoms with E-state index in [0.29, 0.717) is 11.4 Å². The molecule has 0 bridgehead atoms. The average Bonchev–Trinajstić information content (AvgIpc) is 3.29. The maximum absolute atomic E-state index is 13.9. The van der Waals surface area contributed by atoms with Gasteiger partial charge in [-0.25, -0.2) is 4.39 Å². The molecule has 2 N–H and O–H groups in total. The lowest BCUT2D eigenvalue weighted by Crippen LogP contribution is -2.45. The summed E-state index contributed by atoms with van der Waals surface area (Å²) in [6.07, 6.45) is 5.30. The number of aromatic nitrogens is 1. The second kappa shape index (κ2) is 9.60. The Kier molecular flexibility index (Phi) is 6.46. The van der Waals surface area contributed by atoms with E-state index in [4.69, 9.17) is 0 Å². The number of carbonyl (C=O) groups excluding carboxylic acids is 2. The van der Waals surface area contributed by atoms with E-state index in [0.717, 1.165) is 36.9 Å². The zero-order valence-corrected chi connectivity index (χ0v) is 17.3. The summed E-state index contributed by atoms with van der Waals surface area (Å²) in [6.45, 7) is -0.168. The van der Waals surface area contributed by atoms with Gasteiger partial charge in [-0.05, 0) is 48.7 Å². The molecule has 3 aromatic rings. The zero-order valence-electron chi connectivity index (χ0n) is 17.3. The predicted octanol–water partition coefficient (Wildman–Crippen LogP) is 4.92. The van der Waals surface area contributed by atoms with Gasteiger partial charge in [0.05, 0.1) is 0 Å². The van der Waals surface area contributed by atoms with Crippen LogP contribution in [-0.4, -0.2) is 29.4 Å². The van der Waals surface area contributed by atoms with Gasteiger partial charge >= 0.3 is 0 Å². The van der Waals surface area contributed by atoms with Gasteiger partial charge in [0.1, 0.15) is 18.1 Å². The first-order valence-electron chi connectivity index (χ1n) is 10.7. The van der Waals surface area contributed by atoms with Crippen LogP contribution in [0, 0.1) is 5.82 Å². The van der Waals surface area contributed by atoms with Crippen LogP contribution in [0.3, 0.4) is 0 Å². The maximum atomic E-state index is 13.9. The number of halogens is 1. The first-order valence-corrected chi connectivity index (χ1v) is 10.7. The Morgan fingerprint density at radius 1 is 0.968 bits per heavy atom. The molecule has 1 heterocycles. The number of hydrogen-bond donors (Lipinski definition) is 2. The molecule has 0 radical (unpaired) electrons. The third kappa shape index (κ3) is 5.20. The number of carbonyl (C=O) groups is 2. The number of anilines is 1. The number of H-pyrrole nitrogens is 1. The lowest BCUT2D eigenvalue weighted by molar-refractivity contribution is -0.120. The summed E-state index contributed by atoms with van der Waals surface area (Å²) in [5.74, 6) is -1.08. The monoisotopic (exact) mass is 419 g/mol. The molecule has 0 spiro atoms. The molecule has 6 heteroatoms. The molecule has 0 atom stereocenters. The Labute approximate surface area is 181 Å². The van der Waals surface area contributed by atoms with Crippen LogP contribution in [0.2, 0.25) is 0 Å². The summed E-state index contributed by atoms with van der Waals surface area (Å²) in [5.41, 5.74) is 2.44. The molecule has 1 aliphatic carbocycles. The quantitative estimate of drug-likeness (QED) is 0.596. The van der Waals surface area contributed by atoms with Gasteiger partial charge in [0.15, 0.2) is 0 Å². The van der Waals surface area contributed by atoms with Gasteiger partial charge in [0, 0.05) is 17.4 Å². The largest absolute Gasteiger partial charge is 0.352 e. The van der Waals surface area contributed by atoms with E-state index in [1.54, 1.807) is 12.1 Å². The number of hydrogen-bond acceptors (Lipinski definition) is 2. The van der Waals surface area contributed by atoms with Gasteiger partial charge in [0.2, 0.25) is 5.91 Å². The zero-order chi connectivity index (χ0) is 21.6. The van der Waals surface area contributed by atoms with E-state index in [2.05, 4.69) is 10.3 Å². The molecule has 0 unspecified atom stereocenters. The van der Waals surface area contributed by atoms with Crippen molar-refractivity contribution in [3.8, 4) is 11.3 Å². The Bertz CT molecular complexity index is 1040. The van der Waals surface area contributed by atoms with E-state index in [1.807, 2.05) is 36.4 Å². The van der Waals surface area contributed by atoms with Gasteiger partial charge in [0.25, 0.3) is 5.91 Å². The number of rotatable bonds is 6. The Hall–Kier alpha value is -3.41. The molecule has 31 heavy (non-hydrogen) atoms. The Morgan fingerprint density at radius 3 is 2.48 bits per heavy atom. The fraction of sp³-hybridized carbons (Fsp3) is 0.280. The van der Waals surface area contributed by atoms with Crippen molar-refractivity contribution in [2.24, 2.45) is 0 Å². The lowest BCUT2D eigenvalue weighted by atomic mass is 9.95. The summed E-state index contributed by atoms with van der Waals surface area (Å²) < 4.78 is 13.9. The molecule has 5 nitrogen and oxygen atoms in total. The average molecular weight is 420 g/mol. The molecule has 0 aliphatic heterocycles. The summed E-state index contributed by atoms with van der Waals surface area (Å²) >= 11 is 0. The van der Waals surface area contributed by atoms with Gasteiger partial charge in [-0.15, -0.1) is 0 Å². The number of nitrogens with zero attached hydrogens (tertiary/aromatic N) is 1. The SMILES string of the molecule is O=C(CN(C(=O)c1ccc(-c2ccccc2)[nH]1)c1cccc(F)c1)NC1CCCCC1. The fourth-order valence-electron chi connectivity index (χ4n) is 4.04. The molecule has 160 valence electrons. The highest BCUT2D eigenvalue weighted by Crippen LogP contribution is 2.22. The van der Waals surface area contributed by atoms with Crippen LogP contribution < -0.4 is 10.2 Å². The molecule has 0 saturated heterocycles. The maximum Gasteiger partial charge on any atom is 0.275 e. The molecule has 4 rings (SSSR count). The molecular weight excluding hydrogens is 393 g/mol. The predicted molar refractivity (Wildman–Crippen MR) is 119 cm³/mol. The summed E-state index contributed by atoms with van der Waals surface area (Å²) in [5, 5.41) is 3.03. The third-order valence-electron chi connectivity index (χ3n) is 5.64. The molecule has 1 fully saturated rings. The van der Waals surface area contributed by atoms with Crippen LogP contribution >= 0.6 is 0 Å². The van der Waals surface area contributed by atoms with Gasteiger partial charge in [-0.1, -0.05) is 55.7 Å². The van der Waals surface area contributed by atoms with Crippen LogP contribution in [0.15, 0.2) is 66.7 Å². The molecule has 1 aliphatic rings. The van der Waals surface area contributed by atoms with E-state index in [-0.39, 0.29) is 24.4 Å². The van der Waals surface area contributed by atoms with Crippen LogP contribution in [0.4, 0.5) is 10.1 Å². The first-order chi connectivity index (χ1) is 15.1. The lowest BCUT2D eigenvalue weighted by Gasteiger charge is -2.26. The summed E-state index contributed by atoms with van der Waals surface area (Å²) in [6, 6.07) is 19.1. The van der Waals surface area contributed by atoms with Crippen molar-refractivity contribution in [1.82, 2.24) is 10.3 Å². The van der Waals surface area contributed by atoms with Crippen LogP contribution in [0.1, 0.15) is 42.6 Å². The fourth-order valence-corrected chi connectivity index (χ4v) is 4.04. The van der Waals surface area contributed by atoms with Crippen molar-refractivity contribution in [1.29, 1.82) is 0 Å². The normalized spacial score (nSPS) is 14.2. The third-order valence-corrected chi connectivity index (χ3v) is 5.64. The number of nitrogens with one attached hydrogen (secondary N) is 2. The second-order valence-corrected chi connectivity index (χ2v) is 7.93. The highest BCUT2D eigenvalue weighted by Gasteiger charge is 2.24. The molecular formula is C25H26FN3O2. The standard InChI is InChI=1S/C25H26FN3O2/c26-19-10-7-13-21(16-19)29(17-24(30)27-20-11-5-2-6-12-20)25(31)23-15-14-22(28-23)18-8-3-1-4-9-18/h1,3-4,7-10,13-16,20,28H,2,5-6,11-12,17H2,(H,27,30). The highest BCUT2D eigenvalue weighted by atomic mass is 19.1. The van der Waals surface area contributed by atoms with Crippen molar-refractivity contribution in [3.63, 3.8) is 0 Å². The van der Waals surface area contributed by atoms with Crippen molar-refractivity contribution < 1.29 is 14.0 Å². The smallest absolute Gasteiger partial charge is 0.275 e. The summed E-state index contributed by atoms with van der Waals surface area (Å²) in [7, 11) is 0. The number of benzene rings is 2. The molecule has 1 aromatic heterocycles. The van der Waals surface area contributed by atoms with E-state index in [1.165, 1.54) is 29.5 Å². The molecule has 2 amide bonds. The van der Waals surface area contributed by atoms with E-state index >= 15 is 0 Å². The number of amides is 2. The van der Waals surface area contributed by atoms with Crippen molar-refractivity contribution in [3.05, 3.63) is 78.2 Å². The van der Waals surface area contributed by atoms with Crippen LogP contribution in [-0.2, 0) is 4.79 Å². The van der Waals surface area contributed by atoms with Gasteiger partial charge in [-0.2, -0.15) is 0 Å². The Morgan fingerprint density at radius 2 is 1.74 bits per heavy atom. The van der Waals surface area contributed by atoms with Crippen molar-refractivity contribution in [2.75, 3.05) is 11.4 Å². The number of aromatic amines is 1. The van der Waals surface area contributed by atoms with E-state index < -0.39 is 5.82 Å². The topological polar surface area (TPSA) is 65.2 Å². The highest BCUT2D eigenvalue weighted by molar-refractivity contribution is 6.08. The Balaban J connectivity index is 1.56. The minimum absolute atomic E-state index is 0.140. The van der Waals surface area contributed by atoms with Crippen LogP contribution in [0.5, 0.6) is 0 Å². The second-order valence-electron chi connectivity index (χ2n) is 7.93. The van der Waals surface area contributed by atoms with Crippen molar-refractivity contribution in [2.45, 2.75) is 38.1 Å². The molecule has 1 saturated carbocycles. The first kappa shape index (κ1) is 20.8. The van der Waals surface area contributed by atoms with Crippen LogP contribution in [0.25, 0.3) is 11.3 Å². The van der Waals surface area contributed by atoms with Gasteiger partial charge in [-0.3, -0.25) is 14.5 Å². The van der Waals surface area contributed by atoms with Gasteiger partial charge < -0.3 is 10.3 Å². The minimum Gasteiger partial charge on any atom is -0.352 e. The molecule has 2 aromatic carbocycles. The minimum atomic E-state index is -0.459. The summed E-state index contributed by atoms with van der Waals surface area (Å²) in [4.78, 5) is 30.5.